The number of amides is 2. The zero-order valence-electron chi connectivity index (χ0n) is 15.4. The van der Waals surface area contributed by atoms with Gasteiger partial charge in [-0.2, -0.15) is 0 Å². The van der Waals surface area contributed by atoms with E-state index in [0.29, 0.717) is 31.1 Å². The average molecular weight is 462 g/mol. The third-order valence-corrected chi connectivity index (χ3v) is 5.54. The predicted molar refractivity (Wildman–Crippen MR) is 114 cm³/mol. The maximum atomic E-state index is 12.4. The van der Waals surface area contributed by atoms with Crippen molar-refractivity contribution in [3.8, 4) is 5.75 Å². The maximum absolute atomic E-state index is 12.4. The fraction of sp³-hybridized carbons (Fsp3) is 0.238. The molecule has 0 saturated carbocycles. The van der Waals surface area contributed by atoms with Gasteiger partial charge in [-0.15, -0.1) is 0 Å². The summed E-state index contributed by atoms with van der Waals surface area (Å²) in [6.45, 7) is 1.37. The summed E-state index contributed by atoms with van der Waals surface area (Å²) in [7, 11) is 1.60. The quantitative estimate of drug-likeness (QED) is 0.404. The smallest absolute Gasteiger partial charge is 0.293 e. The fourth-order valence-electron chi connectivity index (χ4n) is 2.62. The van der Waals surface area contributed by atoms with Gasteiger partial charge in [0.25, 0.3) is 11.1 Å². The number of rotatable bonds is 8. The summed E-state index contributed by atoms with van der Waals surface area (Å²) in [5.41, 5.74) is 1.92. The first kappa shape index (κ1) is 20.6. The van der Waals surface area contributed by atoms with Gasteiger partial charge in [-0.25, -0.2) is 0 Å². The van der Waals surface area contributed by atoms with E-state index in [-0.39, 0.29) is 11.1 Å². The SMILES string of the molecule is COCCCN1C(=O)S/C(=C/c2ccc(OCc3ccc(Br)cc3)cc2)C1=O. The van der Waals surface area contributed by atoms with Crippen molar-refractivity contribution in [1.29, 1.82) is 0 Å². The number of imide groups is 1. The number of nitrogens with zero attached hydrogens (tertiary/aromatic N) is 1. The number of benzene rings is 2. The minimum atomic E-state index is -0.248. The highest BCUT2D eigenvalue weighted by atomic mass is 79.9. The van der Waals surface area contributed by atoms with Gasteiger partial charge in [-0.3, -0.25) is 14.5 Å². The number of methoxy groups -OCH3 is 1. The van der Waals surface area contributed by atoms with Crippen LogP contribution in [0, 0.1) is 0 Å². The molecular weight excluding hydrogens is 442 g/mol. The van der Waals surface area contributed by atoms with Crippen molar-refractivity contribution in [2.75, 3.05) is 20.3 Å². The molecule has 7 heteroatoms. The van der Waals surface area contributed by atoms with Crippen LogP contribution in [0.15, 0.2) is 57.9 Å². The van der Waals surface area contributed by atoms with Gasteiger partial charge in [-0.1, -0.05) is 40.2 Å². The standard InChI is InChI=1S/C21H20BrNO4S/c1-26-12-2-11-23-20(24)19(28-21(23)25)13-15-5-9-18(10-6-15)27-14-16-3-7-17(22)8-4-16/h3-10,13H,2,11-12,14H2,1H3/b19-13+. The van der Waals surface area contributed by atoms with Gasteiger partial charge in [0.05, 0.1) is 4.91 Å². The molecule has 2 amide bonds. The van der Waals surface area contributed by atoms with Crippen molar-refractivity contribution in [2.45, 2.75) is 13.0 Å². The van der Waals surface area contributed by atoms with Crippen LogP contribution in [-0.4, -0.2) is 36.3 Å². The number of hydrogen-bond acceptors (Lipinski definition) is 5. The second-order valence-corrected chi connectivity index (χ2v) is 8.07. The highest BCUT2D eigenvalue weighted by Crippen LogP contribution is 2.32. The Hall–Kier alpha value is -2.09. The van der Waals surface area contributed by atoms with Gasteiger partial charge < -0.3 is 9.47 Å². The van der Waals surface area contributed by atoms with Crippen LogP contribution in [0.2, 0.25) is 0 Å². The molecule has 1 saturated heterocycles. The van der Waals surface area contributed by atoms with Gasteiger partial charge >= 0.3 is 0 Å². The highest BCUT2D eigenvalue weighted by Gasteiger charge is 2.34. The Morgan fingerprint density at radius 3 is 2.46 bits per heavy atom. The summed E-state index contributed by atoms with van der Waals surface area (Å²) in [6, 6.07) is 15.4. The summed E-state index contributed by atoms with van der Waals surface area (Å²) in [4.78, 5) is 26.2. The van der Waals surface area contributed by atoms with E-state index in [1.165, 1.54) is 4.90 Å². The summed E-state index contributed by atoms with van der Waals surface area (Å²) in [5.74, 6) is 0.495. The van der Waals surface area contributed by atoms with Crippen LogP contribution < -0.4 is 4.74 Å². The number of thioether (sulfide) groups is 1. The number of halogens is 1. The normalized spacial score (nSPS) is 15.5. The lowest BCUT2D eigenvalue weighted by molar-refractivity contribution is -0.122. The van der Waals surface area contributed by atoms with Crippen LogP contribution in [0.4, 0.5) is 4.79 Å². The third-order valence-electron chi connectivity index (χ3n) is 4.10. The van der Waals surface area contributed by atoms with E-state index in [4.69, 9.17) is 9.47 Å². The predicted octanol–water partition coefficient (Wildman–Crippen LogP) is 5.10. The minimum absolute atomic E-state index is 0.234. The molecule has 1 fully saturated rings. The minimum Gasteiger partial charge on any atom is -0.489 e. The lowest BCUT2D eigenvalue weighted by Crippen LogP contribution is -2.29. The summed E-state index contributed by atoms with van der Waals surface area (Å²) in [6.07, 6.45) is 2.37. The molecule has 0 unspecified atom stereocenters. The summed E-state index contributed by atoms with van der Waals surface area (Å²) in [5, 5.41) is -0.234. The molecule has 1 heterocycles. The zero-order chi connectivity index (χ0) is 19.9. The molecule has 0 aliphatic carbocycles. The van der Waals surface area contributed by atoms with Crippen LogP contribution in [0.5, 0.6) is 5.75 Å². The second-order valence-electron chi connectivity index (χ2n) is 6.16. The topological polar surface area (TPSA) is 55.8 Å². The summed E-state index contributed by atoms with van der Waals surface area (Å²) >= 11 is 4.38. The van der Waals surface area contributed by atoms with Crippen LogP contribution in [0.3, 0.4) is 0 Å². The molecule has 0 bridgehead atoms. The first-order valence-corrected chi connectivity index (χ1v) is 10.4. The molecule has 0 spiro atoms. The first-order valence-electron chi connectivity index (χ1n) is 8.78. The van der Waals surface area contributed by atoms with Gasteiger partial charge in [0.1, 0.15) is 12.4 Å². The van der Waals surface area contributed by atoms with E-state index in [1.807, 2.05) is 48.5 Å². The van der Waals surface area contributed by atoms with Gasteiger partial charge in [0, 0.05) is 24.7 Å². The zero-order valence-corrected chi connectivity index (χ0v) is 17.8. The van der Waals surface area contributed by atoms with Gasteiger partial charge in [0.15, 0.2) is 0 Å². The van der Waals surface area contributed by atoms with E-state index in [9.17, 15) is 9.59 Å². The molecule has 0 atom stereocenters. The lowest BCUT2D eigenvalue weighted by Gasteiger charge is -2.11. The maximum Gasteiger partial charge on any atom is 0.293 e. The number of carbonyl (C=O) groups excluding carboxylic acids is 2. The molecule has 28 heavy (non-hydrogen) atoms. The monoisotopic (exact) mass is 461 g/mol. The van der Waals surface area contributed by atoms with Crippen molar-refractivity contribution in [1.82, 2.24) is 4.90 Å². The molecule has 2 aromatic carbocycles. The molecule has 0 radical (unpaired) electrons. The number of hydrogen-bond donors (Lipinski definition) is 0. The summed E-state index contributed by atoms with van der Waals surface area (Å²) < 4.78 is 11.8. The molecule has 0 aromatic heterocycles. The van der Waals surface area contributed by atoms with Gasteiger partial charge in [0.2, 0.25) is 0 Å². The molecule has 1 aliphatic heterocycles. The van der Waals surface area contributed by atoms with Crippen LogP contribution in [-0.2, 0) is 16.1 Å². The largest absolute Gasteiger partial charge is 0.489 e. The van der Waals surface area contributed by atoms with Crippen LogP contribution in [0.1, 0.15) is 17.5 Å². The second kappa shape index (κ2) is 9.91. The van der Waals surface area contributed by atoms with Gasteiger partial charge in [-0.05, 0) is 59.7 Å². The van der Waals surface area contributed by atoms with E-state index in [2.05, 4.69) is 15.9 Å². The molecule has 146 valence electrons. The Morgan fingerprint density at radius 2 is 1.79 bits per heavy atom. The molecule has 1 aliphatic rings. The highest BCUT2D eigenvalue weighted by molar-refractivity contribution is 9.10. The average Bonchev–Trinajstić information content (AvgIpc) is 2.96. The Bertz CT molecular complexity index is 865. The van der Waals surface area contributed by atoms with Crippen molar-refractivity contribution in [3.63, 3.8) is 0 Å². The van der Waals surface area contributed by atoms with Crippen LogP contribution >= 0.6 is 27.7 Å². The van der Waals surface area contributed by atoms with E-state index in [1.54, 1.807) is 13.2 Å². The van der Waals surface area contributed by atoms with E-state index < -0.39 is 0 Å². The lowest BCUT2D eigenvalue weighted by atomic mass is 10.2. The Balaban J connectivity index is 1.59. The molecular formula is C21H20BrNO4S. The van der Waals surface area contributed by atoms with E-state index >= 15 is 0 Å². The van der Waals surface area contributed by atoms with Crippen LogP contribution in [0.25, 0.3) is 6.08 Å². The molecule has 0 N–H and O–H groups in total. The molecule has 3 rings (SSSR count). The molecule has 5 nitrogen and oxygen atoms in total. The molecule has 2 aromatic rings. The fourth-order valence-corrected chi connectivity index (χ4v) is 3.75. The third kappa shape index (κ3) is 5.47. The number of carbonyl (C=O) groups is 2. The first-order chi connectivity index (χ1) is 13.6. The Morgan fingerprint density at radius 1 is 1.07 bits per heavy atom. The van der Waals surface area contributed by atoms with Crippen molar-refractivity contribution in [2.24, 2.45) is 0 Å². The Kier molecular flexibility index (Phi) is 7.30. The van der Waals surface area contributed by atoms with E-state index in [0.717, 1.165) is 33.1 Å². The van der Waals surface area contributed by atoms with Crippen molar-refractivity contribution < 1.29 is 19.1 Å². The van der Waals surface area contributed by atoms with Crippen molar-refractivity contribution in [3.05, 3.63) is 69.0 Å². The number of ether oxygens (including phenoxy) is 2. The van der Waals surface area contributed by atoms with Crippen molar-refractivity contribution >= 4 is 44.9 Å². The Labute approximate surface area is 176 Å².